The Morgan fingerprint density at radius 1 is 1.35 bits per heavy atom. The van der Waals surface area contributed by atoms with Crippen LogP contribution in [0, 0.1) is 6.92 Å². The summed E-state index contributed by atoms with van der Waals surface area (Å²) in [5, 5.41) is 2.87. The Balaban J connectivity index is 2.79. The molecular weight excluding hydrogens is 254 g/mol. The number of nitrogens with one attached hydrogen (secondary N) is 1. The lowest BCUT2D eigenvalue weighted by molar-refractivity contribution is -0.136. The first-order valence-corrected chi connectivity index (χ1v) is 6.99. The van der Waals surface area contributed by atoms with Crippen molar-refractivity contribution in [2.24, 2.45) is 0 Å². The van der Waals surface area contributed by atoms with Crippen LogP contribution in [0.1, 0.15) is 40.2 Å². The molecule has 0 fully saturated rings. The molecule has 0 heterocycles. The van der Waals surface area contributed by atoms with E-state index in [1.54, 1.807) is 13.8 Å². The molecular formula is C16H25NO3. The smallest absolute Gasteiger partial charge is 0.256 e. The van der Waals surface area contributed by atoms with Gasteiger partial charge in [0.15, 0.2) is 0 Å². The van der Waals surface area contributed by atoms with Gasteiger partial charge in [0.05, 0.1) is 6.10 Å². The first kappa shape index (κ1) is 16.5. The molecule has 20 heavy (non-hydrogen) atoms. The predicted molar refractivity (Wildman–Crippen MR) is 81.3 cm³/mol. The van der Waals surface area contributed by atoms with E-state index in [0.717, 1.165) is 17.0 Å². The molecule has 1 aromatic rings. The minimum Gasteiger partial charge on any atom is -0.491 e. The van der Waals surface area contributed by atoms with Gasteiger partial charge in [0.2, 0.25) is 0 Å². The lowest BCUT2D eigenvalue weighted by Crippen LogP contribution is -2.39. The lowest BCUT2D eigenvalue weighted by Gasteiger charge is -2.23. The Hall–Kier alpha value is -1.55. The topological polar surface area (TPSA) is 47.6 Å². The summed E-state index contributed by atoms with van der Waals surface area (Å²) in [6.45, 7) is 11.8. The second-order valence-corrected chi connectivity index (χ2v) is 5.54. The van der Waals surface area contributed by atoms with Crippen LogP contribution in [0.2, 0.25) is 0 Å². The summed E-state index contributed by atoms with van der Waals surface area (Å²) in [6, 6.07) is 5.61. The third-order valence-electron chi connectivity index (χ3n) is 2.85. The standard InChI is InChI=1S/C16H25NO3/c1-7-19-16(5,6)15(18)17-13-8-9-14(12(4)10-13)20-11(2)3/h8-11H,7H2,1-6H3,(H,17,18). The van der Waals surface area contributed by atoms with Crippen LogP contribution in [0.5, 0.6) is 5.75 Å². The Bertz CT molecular complexity index is 467. The van der Waals surface area contributed by atoms with Crippen LogP contribution in [0.4, 0.5) is 5.69 Å². The fraction of sp³-hybridized carbons (Fsp3) is 0.562. The number of rotatable bonds is 6. The fourth-order valence-corrected chi connectivity index (χ4v) is 1.82. The van der Waals surface area contributed by atoms with E-state index in [1.165, 1.54) is 0 Å². The average Bonchev–Trinajstić information content (AvgIpc) is 2.32. The van der Waals surface area contributed by atoms with Gasteiger partial charge in [-0.2, -0.15) is 0 Å². The summed E-state index contributed by atoms with van der Waals surface area (Å²) in [4.78, 5) is 12.1. The molecule has 0 aliphatic rings. The molecule has 1 N–H and O–H groups in total. The first-order valence-electron chi connectivity index (χ1n) is 6.99. The van der Waals surface area contributed by atoms with Crippen LogP contribution in [0.3, 0.4) is 0 Å². The SMILES string of the molecule is CCOC(C)(C)C(=O)Nc1ccc(OC(C)C)c(C)c1. The number of amides is 1. The normalized spacial score (nSPS) is 11.6. The van der Waals surface area contributed by atoms with Gasteiger partial charge in [-0.15, -0.1) is 0 Å². The number of aryl methyl sites for hydroxylation is 1. The highest BCUT2D eigenvalue weighted by molar-refractivity contribution is 5.96. The number of benzene rings is 1. The van der Waals surface area contributed by atoms with Crippen LogP contribution < -0.4 is 10.1 Å². The van der Waals surface area contributed by atoms with E-state index in [0.29, 0.717) is 6.61 Å². The molecule has 0 saturated heterocycles. The molecule has 0 saturated carbocycles. The highest BCUT2D eigenvalue weighted by Crippen LogP contribution is 2.24. The van der Waals surface area contributed by atoms with Crippen molar-refractivity contribution in [2.75, 3.05) is 11.9 Å². The summed E-state index contributed by atoms with van der Waals surface area (Å²) < 4.78 is 11.1. The molecule has 1 rings (SSSR count). The van der Waals surface area contributed by atoms with Gasteiger partial charge in [0, 0.05) is 12.3 Å². The Labute approximate surface area is 121 Å². The van der Waals surface area contributed by atoms with Crippen molar-refractivity contribution in [2.45, 2.75) is 53.2 Å². The molecule has 1 aromatic carbocycles. The number of carbonyl (C=O) groups is 1. The van der Waals surface area contributed by atoms with Crippen LogP contribution in [0.15, 0.2) is 18.2 Å². The van der Waals surface area contributed by atoms with Crippen LogP contribution in [-0.2, 0) is 9.53 Å². The number of anilines is 1. The third kappa shape index (κ3) is 4.53. The van der Waals surface area contributed by atoms with Crippen LogP contribution in [0.25, 0.3) is 0 Å². The van der Waals surface area contributed by atoms with Crippen molar-refractivity contribution in [1.29, 1.82) is 0 Å². The predicted octanol–water partition coefficient (Wildman–Crippen LogP) is 3.54. The van der Waals surface area contributed by atoms with Gasteiger partial charge in [-0.1, -0.05) is 0 Å². The molecule has 0 radical (unpaired) electrons. The molecule has 0 aromatic heterocycles. The second-order valence-electron chi connectivity index (χ2n) is 5.54. The van der Waals surface area contributed by atoms with Crippen LogP contribution >= 0.6 is 0 Å². The lowest BCUT2D eigenvalue weighted by atomic mass is 10.1. The van der Waals surface area contributed by atoms with Gasteiger partial charge >= 0.3 is 0 Å². The van der Waals surface area contributed by atoms with E-state index >= 15 is 0 Å². The molecule has 112 valence electrons. The maximum Gasteiger partial charge on any atom is 0.256 e. The van der Waals surface area contributed by atoms with Gasteiger partial charge in [-0.3, -0.25) is 4.79 Å². The van der Waals surface area contributed by atoms with E-state index in [4.69, 9.17) is 9.47 Å². The molecule has 0 spiro atoms. The number of hydrogen-bond acceptors (Lipinski definition) is 3. The Kier molecular flexibility index (Phi) is 5.57. The molecule has 0 bridgehead atoms. The third-order valence-corrected chi connectivity index (χ3v) is 2.85. The molecule has 0 aliphatic carbocycles. The van der Waals surface area contributed by atoms with E-state index in [9.17, 15) is 4.79 Å². The second kappa shape index (κ2) is 6.75. The van der Waals surface area contributed by atoms with Gasteiger partial charge in [0.25, 0.3) is 5.91 Å². The number of ether oxygens (including phenoxy) is 2. The van der Waals surface area contributed by atoms with Crippen molar-refractivity contribution in [3.05, 3.63) is 23.8 Å². The maximum absolute atomic E-state index is 12.1. The number of hydrogen-bond donors (Lipinski definition) is 1. The molecule has 0 atom stereocenters. The van der Waals surface area contributed by atoms with Crippen molar-refractivity contribution >= 4 is 11.6 Å². The van der Waals surface area contributed by atoms with E-state index < -0.39 is 5.60 Å². The first-order chi connectivity index (χ1) is 9.26. The van der Waals surface area contributed by atoms with Crippen molar-refractivity contribution in [3.63, 3.8) is 0 Å². The van der Waals surface area contributed by atoms with Crippen molar-refractivity contribution in [3.8, 4) is 5.75 Å². The largest absolute Gasteiger partial charge is 0.491 e. The van der Waals surface area contributed by atoms with Gasteiger partial charge in [-0.05, 0) is 65.3 Å². The molecule has 0 unspecified atom stereocenters. The monoisotopic (exact) mass is 279 g/mol. The Morgan fingerprint density at radius 3 is 2.50 bits per heavy atom. The summed E-state index contributed by atoms with van der Waals surface area (Å²) in [7, 11) is 0. The highest BCUT2D eigenvalue weighted by Gasteiger charge is 2.27. The molecule has 4 heteroatoms. The van der Waals surface area contributed by atoms with Gasteiger partial charge in [-0.25, -0.2) is 0 Å². The minimum absolute atomic E-state index is 0.131. The van der Waals surface area contributed by atoms with E-state index in [-0.39, 0.29) is 12.0 Å². The zero-order valence-electron chi connectivity index (χ0n) is 13.2. The minimum atomic E-state index is -0.838. The van der Waals surface area contributed by atoms with E-state index in [1.807, 2.05) is 45.9 Å². The summed E-state index contributed by atoms with van der Waals surface area (Å²) in [5.74, 6) is 0.679. The van der Waals surface area contributed by atoms with E-state index in [2.05, 4.69) is 5.32 Å². The number of carbonyl (C=O) groups excluding carboxylic acids is 1. The van der Waals surface area contributed by atoms with Crippen molar-refractivity contribution < 1.29 is 14.3 Å². The zero-order valence-corrected chi connectivity index (χ0v) is 13.2. The summed E-state index contributed by atoms with van der Waals surface area (Å²) in [5.41, 5.74) is 0.901. The van der Waals surface area contributed by atoms with Gasteiger partial charge < -0.3 is 14.8 Å². The van der Waals surface area contributed by atoms with Crippen LogP contribution in [-0.4, -0.2) is 24.2 Å². The van der Waals surface area contributed by atoms with Gasteiger partial charge in [0.1, 0.15) is 11.4 Å². The Morgan fingerprint density at radius 2 is 2.00 bits per heavy atom. The highest BCUT2D eigenvalue weighted by atomic mass is 16.5. The molecule has 1 amide bonds. The molecule has 0 aliphatic heterocycles. The molecule has 4 nitrogen and oxygen atoms in total. The quantitative estimate of drug-likeness (QED) is 0.866. The maximum atomic E-state index is 12.1. The zero-order chi connectivity index (χ0) is 15.3. The summed E-state index contributed by atoms with van der Waals surface area (Å²) in [6.07, 6.45) is 0.131. The summed E-state index contributed by atoms with van der Waals surface area (Å²) >= 11 is 0. The van der Waals surface area contributed by atoms with Crippen molar-refractivity contribution in [1.82, 2.24) is 0 Å². The fourth-order valence-electron chi connectivity index (χ4n) is 1.82. The average molecular weight is 279 g/mol.